The maximum Gasteiger partial charge on any atom is 0.259 e. The van der Waals surface area contributed by atoms with Gasteiger partial charge in [0.25, 0.3) is 5.89 Å². The molecule has 3 aromatic rings. The van der Waals surface area contributed by atoms with Gasteiger partial charge < -0.3 is 23.7 Å². The van der Waals surface area contributed by atoms with E-state index in [2.05, 4.69) is 10.2 Å². The number of methoxy groups -OCH3 is 2. The highest BCUT2D eigenvalue weighted by Gasteiger charge is 2.40. The van der Waals surface area contributed by atoms with Crippen molar-refractivity contribution in [1.29, 1.82) is 0 Å². The van der Waals surface area contributed by atoms with Crippen LogP contribution in [0.3, 0.4) is 0 Å². The van der Waals surface area contributed by atoms with E-state index in [1.165, 1.54) is 0 Å². The van der Waals surface area contributed by atoms with Gasteiger partial charge in [-0.1, -0.05) is 6.07 Å². The predicted molar refractivity (Wildman–Crippen MR) is 115 cm³/mol. The highest BCUT2D eigenvalue weighted by Crippen LogP contribution is 2.46. The molecule has 1 N–H and O–H groups in total. The topological polar surface area (TPSA) is 86.8 Å². The average Bonchev–Trinajstić information content (AvgIpc) is 3.25. The molecule has 1 unspecified atom stereocenters. The van der Waals surface area contributed by atoms with Crippen LogP contribution in [0.4, 0.5) is 0 Å². The first-order valence-corrected chi connectivity index (χ1v) is 10.3. The van der Waals surface area contributed by atoms with E-state index in [0.29, 0.717) is 41.9 Å². The average molecular weight is 424 g/mol. The smallest absolute Gasteiger partial charge is 0.259 e. The summed E-state index contributed by atoms with van der Waals surface area (Å²) in [5.41, 5.74) is 3.94. The van der Waals surface area contributed by atoms with E-state index in [0.717, 1.165) is 40.0 Å². The Bertz CT molecular complexity index is 1140. The second-order valence-corrected chi connectivity index (χ2v) is 8.23. The summed E-state index contributed by atoms with van der Waals surface area (Å²) >= 11 is 0. The molecule has 164 valence electrons. The molecule has 1 aliphatic heterocycles. The summed E-state index contributed by atoms with van der Waals surface area (Å²) in [5, 5.41) is 18.9. The lowest BCUT2D eigenvalue weighted by Gasteiger charge is -2.35. The first-order valence-electron chi connectivity index (χ1n) is 10.3. The Kier molecular flexibility index (Phi) is 5.29. The van der Waals surface area contributed by atoms with Crippen LogP contribution in [-0.2, 0) is 18.4 Å². The highest BCUT2D eigenvalue weighted by atomic mass is 16.5. The van der Waals surface area contributed by atoms with Gasteiger partial charge in [-0.25, -0.2) is 0 Å². The number of hydrogen-bond donors (Lipinski definition) is 1. The van der Waals surface area contributed by atoms with Gasteiger partial charge in [0.2, 0.25) is 5.89 Å². The molecule has 1 aliphatic rings. The predicted octanol–water partition coefficient (Wildman–Crippen LogP) is 4.55. The molecular weight excluding hydrogens is 396 g/mol. The van der Waals surface area contributed by atoms with E-state index >= 15 is 0 Å². The van der Waals surface area contributed by atoms with Crippen molar-refractivity contribution in [2.75, 3.05) is 14.2 Å². The van der Waals surface area contributed by atoms with Crippen LogP contribution in [0.1, 0.15) is 52.9 Å². The van der Waals surface area contributed by atoms with Gasteiger partial charge in [0.15, 0.2) is 17.1 Å². The Labute approximate surface area is 182 Å². The Morgan fingerprint density at radius 3 is 2.48 bits per heavy atom. The number of phenolic OH excluding ortho intramolecular Hbond substituents is 1. The van der Waals surface area contributed by atoms with Crippen LogP contribution < -0.4 is 14.2 Å². The molecule has 0 saturated heterocycles. The molecule has 2 heterocycles. The van der Waals surface area contributed by atoms with Crippen LogP contribution in [-0.4, -0.2) is 29.5 Å². The second-order valence-electron chi connectivity index (χ2n) is 8.23. The SMILES string of the molecule is COc1ccc(Cc2nnc(C3(C)CCc4c(C)c(O)c(C)c(C)c4O3)o2)cc1OC. The third-order valence-corrected chi connectivity index (χ3v) is 6.24. The fourth-order valence-electron chi connectivity index (χ4n) is 4.10. The molecule has 31 heavy (non-hydrogen) atoms. The number of ether oxygens (including phenoxy) is 3. The molecule has 7 heteroatoms. The summed E-state index contributed by atoms with van der Waals surface area (Å²) in [6, 6.07) is 5.71. The molecule has 0 radical (unpaired) electrons. The van der Waals surface area contributed by atoms with Crippen molar-refractivity contribution in [3.8, 4) is 23.0 Å². The van der Waals surface area contributed by atoms with E-state index in [-0.39, 0.29) is 0 Å². The van der Waals surface area contributed by atoms with Gasteiger partial charge in [-0.2, -0.15) is 0 Å². The van der Waals surface area contributed by atoms with E-state index in [1.54, 1.807) is 14.2 Å². The highest BCUT2D eigenvalue weighted by molar-refractivity contribution is 5.58. The summed E-state index contributed by atoms with van der Waals surface area (Å²) in [5.74, 6) is 3.44. The largest absolute Gasteiger partial charge is 0.507 e. The number of nitrogens with zero attached hydrogens (tertiary/aromatic N) is 2. The summed E-state index contributed by atoms with van der Waals surface area (Å²) < 4.78 is 23.1. The monoisotopic (exact) mass is 424 g/mol. The van der Waals surface area contributed by atoms with Crippen LogP contribution in [0.2, 0.25) is 0 Å². The van der Waals surface area contributed by atoms with Crippen molar-refractivity contribution in [1.82, 2.24) is 10.2 Å². The zero-order chi connectivity index (χ0) is 22.3. The zero-order valence-corrected chi connectivity index (χ0v) is 18.8. The molecule has 4 rings (SSSR count). The molecule has 0 bridgehead atoms. The van der Waals surface area contributed by atoms with Gasteiger partial charge in [-0.3, -0.25) is 0 Å². The minimum atomic E-state index is -0.726. The van der Waals surface area contributed by atoms with Gasteiger partial charge in [-0.15, -0.1) is 10.2 Å². The number of hydrogen-bond acceptors (Lipinski definition) is 7. The van der Waals surface area contributed by atoms with Gasteiger partial charge >= 0.3 is 0 Å². The van der Waals surface area contributed by atoms with E-state index in [1.807, 2.05) is 45.9 Å². The van der Waals surface area contributed by atoms with Crippen LogP contribution in [0.5, 0.6) is 23.0 Å². The molecule has 0 fully saturated rings. The molecule has 0 spiro atoms. The summed E-state index contributed by atoms with van der Waals surface area (Å²) in [6.07, 6.45) is 1.92. The standard InChI is InChI=1S/C24H28N2O5/c1-13-14(2)22-17(15(3)21(13)27)9-10-24(4,31-22)23-26-25-20(30-23)12-16-7-8-18(28-5)19(11-16)29-6/h7-8,11,27H,9-10,12H2,1-6H3. The number of benzene rings is 2. The Hall–Kier alpha value is -3.22. The molecule has 7 nitrogen and oxygen atoms in total. The number of fused-ring (bicyclic) bond motifs is 1. The molecule has 2 aromatic carbocycles. The zero-order valence-electron chi connectivity index (χ0n) is 18.8. The van der Waals surface area contributed by atoms with Gasteiger partial charge in [-0.05, 0) is 68.5 Å². The lowest BCUT2D eigenvalue weighted by molar-refractivity contribution is 0.0325. The molecular formula is C24H28N2O5. The summed E-state index contributed by atoms with van der Waals surface area (Å²) in [6.45, 7) is 7.78. The van der Waals surface area contributed by atoms with Crippen LogP contribution in [0.15, 0.2) is 22.6 Å². The summed E-state index contributed by atoms with van der Waals surface area (Å²) in [7, 11) is 3.22. The number of rotatable bonds is 5. The van der Waals surface area contributed by atoms with Crippen molar-refractivity contribution in [2.45, 2.75) is 52.6 Å². The lowest BCUT2D eigenvalue weighted by atomic mass is 9.87. The Balaban J connectivity index is 1.60. The van der Waals surface area contributed by atoms with Crippen molar-refractivity contribution in [3.05, 3.63) is 57.8 Å². The number of phenols is 1. The van der Waals surface area contributed by atoms with Crippen molar-refractivity contribution >= 4 is 0 Å². The van der Waals surface area contributed by atoms with Crippen LogP contribution in [0.25, 0.3) is 0 Å². The fraction of sp³-hybridized carbons (Fsp3) is 0.417. The number of aromatic nitrogens is 2. The van der Waals surface area contributed by atoms with Crippen molar-refractivity contribution in [2.24, 2.45) is 0 Å². The minimum absolute atomic E-state index is 0.346. The van der Waals surface area contributed by atoms with Crippen LogP contribution in [0, 0.1) is 20.8 Å². The molecule has 0 saturated carbocycles. The fourth-order valence-corrected chi connectivity index (χ4v) is 4.10. The molecule has 0 amide bonds. The summed E-state index contributed by atoms with van der Waals surface area (Å²) in [4.78, 5) is 0. The maximum absolute atomic E-state index is 10.4. The Morgan fingerprint density at radius 1 is 1.03 bits per heavy atom. The first kappa shape index (κ1) is 21.0. The number of aromatic hydroxyl groups is 1. The molecule has 1 atom stereocenters. The minimum Gasteiger partial charge on any atom is -0.507 e. The lowest BCUT2D eigenvalue weighted by Crippen LogP contribution is -2.35. The second kappa shape index (κ2) is 7.80. The van der Waals surface area contributed by atoms with Gasteiger partial charge in [0.1, 0.15) is 11.5 Å². The van der Waals surface area contributed by atoms with E-state index in [4.69, 9.17) is 18.6 Å². The van der Waals surface area contributed by atoms with E-state index < -0.39 is 5.60 Å². The quantitative estimate of drug-likeness (QED) is 0.643. The third-order valence-electron chi connectivity index (χ3n) is 6.24. The van der Waals surface area contributed by atoms with Crippen LogP contribution >= 0.6 is 0 Å². The van der Waals surface area contributed by atoms with Crippen molar-refractivity contribution < 1.29 is 23.7 Å². The van der Waals surface area contributed by atoms with Gasteiger partial charge in [0.05, 0.1) is 20.6 Å². The molecule has 0 aliphatic carbocycles. The normalized spacial score (nSPS) is 17.7. The maximum atomic E-state index is 10.4. The van der Waals surface area contributed by atoms with Crippen molar-refractivity contribution in [3.63, 3.8) is 0 Å². The third kappa shape index (κ3) is 3.58. The van der Waals surface area contributed by atoms with E-state index in [9.17, 15) is 5.11 Å². The first-order chi connectivity index (χ1) is 14.8. The van der Waals surface area contributed by atoms with Gasteiger partial charge in [0, 0.05) is 12.0 Å². The Morgan fingerprint density at radius 2 is 1.77 bits per heavy atom. The molecule has 1 aromatic heterocycles.